The Labute approximate surface area is 144 Å². The number of aryl methyl sites for hydroxylation is 1. The van der Waals surface area contributed by atoms with Crippen molar-refractivity contribution in [1.29, 1.82) is 0 Å². The average Bonchev–Trinajstić information content (AvgIpc) is 2.54. The molecule has 7 nitrogen and oxygen atoms in total. The molecule has 0 aliphatic rings. The number of aromatic nitrogens is 2. The van der Waals surface area contributed by atoms with Gasteiger partial charge in [-0.3, -0.25) is 0 Å². The summed E-state index contributed by atoms with van der Waals surface area (Å²) in [4.78, 5) is 8.07. The number of anilines is 2. The predicted molar refractivity (Wildman–Crippen MR) is 91.0 cm³/mol. The molecule has 10 heteroatoms. The Bertz CT molecular complexity index is 846. The Morgan fingerprint density at radius 2 is 1.68 bits per heavy atom. The standard InChI is InChI=1S/C15H19F2N5O2S/c1-3-18-14-9-15(22-10(2)21-14)19-6-7-20-25(23,24)11-4-5-12(16)13(17)8-11/h4-5,8-9,20H,3,6-7H2,1-2H3,(H2,18,19,21,22). The second-order valence-electron chi connectivity index (χ2n) is 5.12. The number of hydrogen-bond donors (Lipinski definition) is 3. The van der Waals surface area contributed by atoms with Crippen LogP contribution in [-0.4, -0.2) is 38.0 Å². The molecular weight excluding hydrogens is 352 g/mol. The quantitative estimate of drug-likeness (QED) is 0.613. The van der Waals surface area contributed by atoms with Crippen LogP contribution in [0, 0.1) is 18.6 Å². The van der Waals surface area contributed by atoms with E-state index in [4.69, 9.17) is 0 Å². The first-order valence-corrected chi connectivity index (χ1v) is 9.08. The maximum absolute atomic E-state index is 13.2. The van der Waals surface area contributed by atoms with Crippen LogP contribution in [0.5, 0.6) is 0 Å². The second kappa shape index (κ2) is 8.17. The van der Waals surface area contributed by atoms with Crippen LogP contribution in [0.1, 0.15) is 12.7 Å². The van der Waals surface area contributed by atoms with E-state index in [-0.39, 0.29) is 18.0 Å². The molecule has 2 rings (SSSR count). The van der Waals surface area contributed by atoms with Crippen molar-refractivity contribution in [2.24, 2.45) is 0 Å². The zero-order chi connectivity index (χ0) is 18.4. The summed E-state index contributed by atoms with van der Waals surface area (Å²) < 4.78 is 52.4. The lowest BCUT2D eigenvalue weighted by atomic mass is 10.3. The summed E-state index contributed by atoms with van der Waals surface area (Å²) in [6.07, 6.45) is 0. The minimum Gasteiger partial charge on any atom is -0.370 e. The zero-order valence-electron chi connectivity index (χ0n) is 13.8. The minimum atomic E-state index is -3.92. The first-order valence-electron chi connectivity index (χ1n) is 7.60. The number of sulfonamides is 1. The molecule has 0 saturated heterocycles. The molecule has 25 heavy (non-hydrogen) atoms. The van der Waals surface area contributed by atoms with Gasteiger partial charge in [0.1, 0.15) is 17.5 Å². The molecule has 136 valence electrons. The summed E-state index contributed by atoms with van der Waals surface area (Å²) >= 11 is 0. The van der Waals surface area contributed by atoms with Crippen molar-refractivity contribution in [3.63, 3.8) is 0 Å². The molecule has 1 aromatic heterocycles. The van der Waals surface area contributed by atoms with Gasteiger partial charge in [0.15, 0.2) is 11.6 Å². The lowest BCUT2D eigenvalue weighted by Gasteiger charge is -2.10. The largest absolute Gasteiger partial charge is 0.370 e. The first-order chi connectivity index (χ1) is 11.8. The fraction of sp³-hybridized carbons (Fsp3) is 0.333. The van der Waals surface area contributed by atoms with Gasteiger partial charge < -0.3 is 10.6 Å². The van der Waals surface area contributed by atoms with Gasteiger partial charge in [-0.1, -0.05) is 0 Å². The first kappa shape index (κ1) is 19.0. The van der Waals surface area contributed by atoms with Crippen molar-refractivity contribution in [1.82, 2.24) is 14.7 Å². The van der Waals surface area contributed by atoms with E-state index in [1.807, 2.05) is 6.92 Å². The van der Waals surface area contributed by atoms with Crippen LogP contribution in [0.2, 0.25) is 0 Å². The Morgan fingerprint density at radius 3 is 2.32 bits per heavy atom. The van der Waals surface area contributed by atoms with Gasteiger partial charge in [-0.15, -0.1) is 0 Å². The molecule has 2 aromatic rings. The summed E-state index contributed by atoms with van der Waals surface area (Å²) in [5.74, 6) is -0.525. The highest BCUT2D eigenvalue weighted by Crippen LogP contribution is 2.13. The van der Waals surface area contributed by atoms with E-state index >= 15 is 0 Å². The Kier molecular flexibility index (Phi) is 6.21. The van der Waals surface area contributed by atoms with E-state index in [0.29, 0.717) is 30.1 Å². The number of hydrogen-bond acceptors (Lipinski definition) is 6. The van der Waals surface area contributed by atoms with Crippen LogP contribution in [0.15, 0.2) is 29.2 Å². The molecule has 0 aliphatic carbocycles. The van der Waals surface area contributed by atoms with Gasteiger partial charge in [0.2, 0.25) is 10.0 Å². The smallest absolute Gasteiger partial charge is 0.240 e. The number of benzene rings is 1. The molecular formula is C15H19F2N5O2S. The van der Waals surface area contributed by atoms with E-state index in [0.717, 1.165) is 12.1 Å². The van der Waals surface area contributed by atoms with Gasteiger partial charge in [-0.25, -0.2) is 31.9 Å². The normalized spacial score (nSPS) is 11.4. The van der Waals surface area contributed by atoms with Gasteiger partial charge in [-0.05, 0) is 32.0 Å². The highest BCUT2D eigenvalue weighted by Gasteiger charge is 2.15. The van der Waals surface area contributed by atoms with Gasteiger partial charge in [-0.2, -0.15) is 0 Å². The molecule has 3 N–H and O–H groups in total. The van der Waals surface area contributed by atoms with Gasteiger partial charge in [0.25, 0.3) is 0 Å². The van der Waals surface area contributed by atoms with Gasteiger partial charge >= 0.3 is 0 Å². The summed E-state index contributed by atoms with van der Waals surface area (Å²) in [5, 5.41) is 6.04. The number of nitrogens with zero attached hydrogens (tertiary/aromatic N) is 2. The molecule has 0 radical (unpaired) electrons. The van der Waals surface area contributed by atoms with Crippen molar-refractivity contribution in [2.75, 3.05) is 30.3 Å². The van der Waals surface area contributed by atoms with Crippen molar-refractivity contribution >= 4 is 21.7 Å². The zero-order valence-corrected chi connectivity index (χ0v) is 14.6. The Morgan fingerprint density at radius 1 is 1.00 bits per heavy atom. The van der Waals surface area contributed by atoms with Crippen LogP contribution in [0.4, 0.5) is 20.4 Å². The molecule has 0 fully saturated rings. The molecule has 0 saturated carbocycles. The van der Waals surface area contributed by atoms with E-state index in [2.05, 4.69) is 25.3 Å². The molecule has 0 spiro atoms. The maximum atomic E-state index is 13.2. The number of nitrogens with one attached hydrogen (secondary N) is 3. The van der Waals surface area contributed by atoms with E-state index in [9.17, 15) is 17.2 Å². The summed E-state index contributed by atoms with van der Waals surface area (Å²) in [7, 11) is -3.92. The highest BCUT2D eigenvalue weighted by atomic mass is 32.2. The van der Waals surface area contributed by atoms with Crippen molar-refractivity contribution < 1.29 is 17.2 Å². The van der Waals surface area contributed by atoms with Crippen LogP contribution in [0.3, 0.4) is 0 Å². The summed E-state index contributed by atoms with van der Waals surface area (Å²) in [6, 6.07) is 4.13. The monoisotopic (exact) mass is 371 g/mol. The van der Waals surface area contributed by atoms with E-state index in [1.54, 1.807) is 13.0 Å². The fourth-order valence-corrected chi connectivity index (χ4v) is 3.08. The second-order valence-corrected chi connectivity index (χ2v) is 6.88. The number of rotatable bonds is 8. The Hall–Kier alpha value is -2.33. The SMILES string of the molecule is CCNc1cc(NCCNS(=O)(=O)c2ccc(F)c(F)c2)nc(C)n1. The third-order valence-corrected chi connectivity index (χ3v) is 4.58. The minimum absolute atomic E-state index is 0.0426. The molecule has 0 atom stereocenters. The topological polar surface area (TPSA) is 96.0 Å². The highest BCUT2D eigenvalue weighted by molar-refractivity contribution is 7.89. The molecule has 0 amide bonds. The number of halogens is 2. The third kappa shape index (κ3) is 5.33. The third-order valence-electron chi connectivity index (χ3n) is 3.12. The summed E-state index contributed by atoms with van der Waals surface area (Å²) in [6.45, 7) is 4.70. The van der Waals surface area contributed by atoms with E-state index in [1.165, 1.54) is 0 Å². The summed E-state index contributed by atoms with van der Waals surface area (Å²) in [5.41, 5.74) is 0. The van der Waals surface area contributed by atoms with Crippen molar-refractivity contribution in [3.05, 3.63) is 41.7 Å². The fourth-order valence-electron chi connectivity index (χ4n) is 2.03. The lowest BCUT2D eigenvalue weighted by molar-refractivity contribution is 0.504. The van der Waals surface area contributed by atoms with Crippen molar-refractivity contribution in [2.45, 2.75) is 18.7 Å². The average molecular weight is 371 g/mol. The van der Waals surface area contributed by atoms with Crippen LogP contribution >= 0.6 is 0 Å². The molecule has 1 aromatic carbocycles. The van der Waals surface area contributed by atoms with Crippen molar-refractivity contribution in [3.8, 4) is 0 Å². The van der Waals surface area contributed by atoms with Crippen LogP contribution in [-0.2, 0) is 10.0 Å². The molecule has 1 heterocycles. The van der Waals surface area contributed by atoms with Gasteiger partial charge in [0.05, 0.1) is 4.90 Å². The van der Waals surface area contributed by atoms with E-state index < -0.39 is 21.7 Å². The predicted octanol–water partition coefficient (Wildman–Crippen LogP) is 1.89. The Balaban J connectivity index is 1.93. The maximum Gasteiger partial charge on any atom is 0.240 e. The van der Waals surface area contributed by atoms with Crippen LogP contribution < -0.4 is 15.4 Å². The lowest BCUT2D eigenvalue weighted by Crippen LogP contribution is -2.29. The molecule has 0 unspecified atom stereocenters. The molecule has 0 bridgehead atoms. The van der Waals surface area contributed by atoms with Crippen LogP contribution in [0.25, 0.3) is 0 Å². The van der Waals surface area contributed by atoms with Gasteiger partial charge in [0, 0.05) is 25.7 Å². The molecule has 0 aliphatic heterocycles.